The van der Waals surface area contributed by atoms with Crippen molar-refractivity contribution in [2.75, 3.05) is 33.3 Å². The number of aryl methyl sites for hydroxylation is 1. The summed E-state index contributed by atoms with van der Waals surface area (Å²) in [5.41, 5.74) is 2.00. The van der Waals surface area contributed by atoms with Crippen LogP contribution in [0.25, 0.3) is 0 Å². The van der Waals surface area contributed by atoms with Crippen LogP contribution in [0.4, 0.5) is 0 Å². The van der Waals surface area contributed by atoms with Gasteiger partial charge in [0.2, 0.25) is 0 Å². The van der Waals surface area contributed by atoms with Gasteiger partial charge < -0.3 is 10.1 Å². The number of carbonyl (C=O) groups excluding carboxylic acids is 1. The van der Waals surface area contributed by atoms with Gasteiger partial charge in [-0.3, -0.25) is 9.88 Å². The molecule has 1 fully saturated rings. The first-order valence-electron chi connectivity index (χ1n) is 6.17. The van der Waals surface area contributed by atoms with Crippen LogP contribution in [-0.2, 0) is 9.53 Å². The van der Waals surface area contributed by atoms with Crippen LogP contribution in [0, 0.1) is 6.92 Å². The first kappa shape index (κ1) is 13.0. The molecule has 98 valence electrons. The smallest absolute Gasteiger partial charge is 0.327 e. The summed E-state index contributed by atoms with van der Waals surface area (Å²) in [6.07, 6.45) is 3.50. The summed E-state index contributed by atoms with van der Waals surface area (Å²) in [5, 5.41) is 3.28. The van der Waals surface area contributed by atoms with Crippen LogP contribution < -0.4 is 5.32 Å². The molecule has 0 aliphatic carbocycles. The summed E-state index contributed by atoms with van der Waals surface area (Å²) in [6.45, 7) is 5.47. The minimum atomic E-state index is -0.342. The highest BCUT2D eigenvalue weighted by Gasteiger charge is 2.30. The molecular weight excluding hydrogens is 230 g/mol. The van der Waals surface area contributed by atoms with Gasteiger partial charge in [-0.05, 0) is 18.6 Å². The van der Waals surface area contributed by atoms with Gasteiger partial charge in [-0.25, -0.2) is 4.79 Å². The van der Waals surface area contributed by atoms with Crippen molar-refractivity contribution in [3.05, 3.63) is 29.6 Å². The number of rotatable bonds is 3. The third-order valence-electron chi connectivity index (χ3n) is 3.32. The van der Waals surface area contributed by atoms with Gasteiger partial charge in [0.05, 0.1) is 7.11 Å². The molecule has 5 nitrogen and oxygen atoms in total. The number of aromatic nitrogens is 1. The molecule has 1 aliphatic heterocycles. The maximum Gasteiger partial charge on any atom is 0.327 e. The molecular formula is C13H19N3O2. The van der Waals surface area contributed by atoms with Gasteiger partial charge in [0.25, 0.3) is 0 Å². The molecule has 1 atom stereocenters. The highest BCUT2D eigenvalue weighted by atomic mass is 16.5. The molecule has 0 aromatic carbocycles. The average Bonchev–Trinajstić information content (AvgIpc) is 2.42. The maximum atomic E-state index is 12.1. The second-order valence-corrected chi connectivity index (χ2v) is 4.44. The van der Waals surface area contributed by atoms with E-state index in [2.05, 4.69) is 15.2 Å². The van der Waals surface area contributed by atoms with Gasteiger partial charge in [-0.1, -0.05) is 0 Å². The lowest BCUT2D eigenvalue weighted by Crippen LogP contribution is -2.47. The van der Waals surface area contributed by atoms with Crippen molar-refractivity contribution in [3.63, 3.8) is 0 Å². The zero-order valence-corrected chi connectivity index (χ0v) is 10.8. The molecule has 0 spiro atoms. The van der Waals surface area contributed by atoms with Gasteiger partial charge in [-0.2, -0.15) is 0 Å². The van der Waals surface area contributed by atoms with E-state index in [0.29, 0.717) is 0 Å². The second kappa shape index (κ2) is 5.93. The Labute approximate surface area is 107 Å². The van der Waals surface area contributed by atoms with Crippen LogP contribution >= 0.6 is 0 Å². The molecule has 5 heteroatoms. The zero-order valence-electron chi connectivity index (χ0n) is 10.8. The summed E-state index contributed by atoms with van der Waals surface area (Å²) in [4.78, 5) is 18.3. The summed E-state index contributed by atoms with van der Waals surface area (Å²) in [5.74, 6) is -0.215. The predicted octanol–water partition coefficient (Wildman–Crippen LogP) is 0.509. The summed E-state index contributed by atoms with van der Waals surface area (Å²) >= 11 is 0. The molecule has 18 heavy (non-hydrogen) atoms. The van der Waals surface area contributed by atoms with E-state index in [9.17, 15) is 4.79 Å². The summed E-state index contributed by atoms with van der Waals surface area (Å²) in [6, 6.07) is 1.58. The van der Waals surface area contributed by atoms with Gasteiger partial charge in [-0.15, -0.1) is 0 Å². The van der Waals surface area contributed by atoms with Gasteiger partial charge in [0, 0.05) is 44.1 Å². The van der Waals surface area contributed by atoms with Gasteiger partial charge in [0.15, 0.2) is 0 Å². The minimum absolute atomic E-state index is 0.215. The van der Waals surface area contributed by atoms with Crippen LogP contribution in [0.2, 0.25) is 0 Å². The van der Waals surface area contributed by atoms with Crippen molar-refractivity contribution < 1.29 is 9.53 Å². The first-order valence-corrected chi connectivity index (χ1v) is 6.17. The Kier molecular flexibility index (Phi) is 4.28. The SMILES string of the molecule is COC(=O)C(c1cnccc1C)N1CCNCC1. The fourth-order valence-corrected chi connectivity index (χ4v) is 2.29. The topological polar surface area (TPSA) is 54.5 Å². The fourth-order valence-electron chi connectivity index (χ4n) is 2.29. The van der Waals surface area contributed by atoms with Crippen molar-refractivity contribution in [3.8, 4) is 0 Å². The monoisotopic (exact) mass is 249 g/mol. The van der Waals surface area contributed by atoms with Crippen molar-refractivity contribution in [1.29, 1.82) is 0 Å². The van der Waals surface area contributed by atoms with Crippen molar-refractivity contribution in [2.45, 2.75) is 13.0 Å². The number of hydrogen-bond donors (Lipinski definition) is 1. The molecule has 0 amide bonds. The molecule has 1 saturated heterocycles. The van der Waals surface area contributed by atoms with E-state index in [-0.39, 0.29) is 12.0 Å². The Morgan fingerprint density at radius 1 is 1.50 bits per heavy atom. The lowest BCUT2D eigenvalue weighted by molar-refractivity contribution is -0.147. The van der Waals surface area contributed by atoms with E-state index in [1.165, 1.54) is 7.11 Å². The first-order chi connectivity index (χ1) is 8.74. The standard InChI is InChI=1S/C13H19N3O2/c1-10-3-4-15-9-11(10)12(13(17)18-2)16-7-5-14-6-8-16/h3-4,9,12,14H,5-8H2,1-2H3. The minimum Gasteiger partial charge on any atom is -0.468 e. The molecule has 0 bridgehead atoms. The number of hydrogen-bond acceptors (Lipinski definition) is 5. The number of nitrogens with one attached hydrogen (secondary N) is 1. The van der Waals surface area contributed by atoms with Gasteiger partial charge in [0.1, 0.15) is 6.04 Å². The number of carbonyl (C=O) groups is 1. The zero-order chi connectivity index (χ0) is 13.0. The Hall–Kier alpha value is -1.46. The molecule has 1 unspecified atom stereocenters. The van der Waals surface area contributed by atoms with Crippen molar-refractivity contribution in [1.82, 2.24) is 15.2 Å². The van der Waals surface area contributed by atoms with E-state index in [1.807, 2.05) is 13.0 Å². The fraction of sp³-hybridized carbons (Fsp3) is 0.538. The van der Waals surface area contributed by atoms with E-state index in [1.54, 1.807) is 12.4 Å². The number of ether oxygens (including phenoxy) is 1. The highest BCUT2D eigenvalue weighted by molar-refractivity contribution is 5.78. The van der Waals surface area contributed by atoms with Crippen LogP contribution in [0.15, 0.2) is 18.5 Å². The number of nitrogens with zero attached hydrogens (tertiary/aromatic N) is 2. The maximum absolute atomic E-state index is 12.1. The van der Waals surface area contributed by atoms with E-state index < -0.39 is 0 Å². The molecule has 1 aromatic rings. The number of piperazine rings is 1. The molecule has 1 aliphatic rings. The third kappa shape index (κ3) is 2.68. The summed E-state index contributed by atoms with van der Waals surface area (Å²) in [7, 11) is 1.43. The number of pyridine rings is 1. The van der Waals surface area contributed by atoms with E-state index in [4.69, 9.17) is 4.74 Å². The number of methoxy groups -OCH3 is 1. The Morgan fingerprint density at radius 3 is 2.83 bits per heavy atom. The molecule has 1 aromatic heterocycles. The van der Waals surface area contributed by atoms with Crippen LogP contribution in [-0.4, -0.2) is 49.1 Å². The van der Waals surface area contributed by atoms with E-state index in [0.717, 1.165) is 37.3 Å². The van der Waals surface area contributed by atoms with Crippen LogP contribution in [0.5, 0.6) is 0 Å². The molecule has 0 radical (unpaired) electrons. The van der Waals surface area contributed by atoms with Crippen LogP contribution in [0.3, 0.4) is 0 Å². The Bertz CT molecular complexity index is 416. The molecule has 0 saturated carbocycles. The summed E-state index contributed by atoms with van der Waals surface area (Å²) < 4.78 is 4.95. The van der Waals surface area contributed by atoms with Gasteiger partial charge >= 0.3 is 5.97 Å². The molecule has 2 heterocycles. The lowest BCUT2D eigenvalue weighted by Gasteiger charge is -2.33. The van der Waals surface area contributed by atoms with Crippen molar-refractivity contribution in [2.24, 2.45) is 0 Å². The Balaban J connectivity index is 2.30. The molecule has 2 rings (SSSR count). The quantitative estimate of drug-likeness (QED) is 0.791. The normalized spacial score (nSPS) is 18.3. The molecule has 1 N–H and O–H groups in total. The Morgan fingerprint density at radius 2 is 2.22 bits per heavy atom. The van der Waals surface area contributed by atoms with Crippen molar-refractivity contribution >= 4 is 5.97 Å². The largest absolute Gasteiger partial charge is 0.468 e. The van der Waals surface area contributed by atoms with Crippen LogP contribution in [0.1, 0.15) is 17.2 Å². The highest BCUT2D eigenvalue weighted by Crippen LogP contribution is 2.24. The predicted molar refractivity (Wildman–Crippen MR) is 68.2 cm³/mol. The number of esters is 1. The second-order valence-electron chi connectivity index (χ2n) is 4.44. The third-order valence-corrected chi connectivity index (χ3v) is 3.32. The average molecular weight is 249 g/mol. The lowest BCUT2D eigenvalue weighted by atomic mass is 10.0. The van der Waals surface area contributed by atoms with E-state index >= 15 is 0 Å².